The summed E-state index contributed by atoms with van der Waals surface area (Å²) in [6, 6.07) is 50.9. The van der Waals surface area contributed by atoms with E-state index in [1.54, 1.807) is 5.47 Å². The second kappa shape index (κ2) is 18.6. The van der Waals surface area contributed by atoms with Gasteiger partial charge < -0.3 is 19.3 Å². The van der Waals surface area contributed by atoms with E-state index in [1.807, 2.05) is 0 Å². The molecule has 6 aromatic carbocycles. The lowest BCUT2D eigenvalue weighted by Gasteiger charge is -2.63. The van der Waals surface area contributed by atoms with Crippen molar-refractivity contribution in [1.82, 2.24) is 9.55 Å². The molecule has 0 radical (unpaired) electrons. The minimum absolute atomic E-state index is 0.0171. The van der Waals surface area contributed by atoms with Crippen LogP contribution in [0.3, 0.4) is 0 Å². The van der Waals surface area contributed by atoms with Gasteiger partial charge in [-0.2, -0.15) is 0 Å². The third kappa shape index (κ3) is 8.56. The van der Waals surface area contributed by atoms with E-state index in [9.17, 15) is 0 Å². The first-order chi connectivity index (χ1) is 38.6. The number of anilines is 5. The van der Waals surface area contributed by atoms with Gasteiger partial charge in [0.2, 0.25) is 0 Å². The van der Waals surface area contributed by atoms with E-state index in [2.05, 4.69) is 270 Å². The van der Waals surface area contributed by atoms with E-state index in [-0.39, 0.29) is 23.1 Å². The number of fused-ring (bicyclic) bond motifs is 7. The van der Waals surface area contributed by atoms with Crippen molar-refractivity contribution < 1.29 is 4.74 Å². The maximum atomic E-state index is 7.28. The van der Waals surface area contributed by atoms with E-state index in [4.69, 9.17) is 9.72 Å². The van der Waals surface area contributed by atoms with E-state index in [1.165, 1.54) is 104 Å². The number of nitrogens with zero attached hydrogens (tertiary/aromatic N) is 5. The Morgan fingerprint density at radius 3 is 1.94 bits per heavy atom. The van der Waals surface area contributed by atoms with Crippen LogP contribution in [0.2, 0.25) is 39.3 Å². The largest absolute Gasteiger partial charge is 0.457 e. The molecule has 4 aliphatic carbocycles. The quantitative estimate of drug-likeness (QED) is 0.135. The first kappa shape index (κ1) is 52.3. The summed E-state index contributed by atoms with van der Waals surface area (Å²) in [6.45, 7) is 29.8. The van der Waals surface area contributed by atoms with Crippen molar-refractivity contribution in [3.05, 3.63) is 192 Å². The predicted octanol–water partition coefficient (Wildman–Crippen LogP) is 17.7. The highest BCUT2D eigenvalue weighted by Crippen LogP contribution is 2.66. The Hall–Kier alpha value is -6.81. The first-order valence-electron chi connectivity index (χ1n) is 30.2. The normalized spacial score (nSPS) is 22.2. The van der Waals surface area contributed by atoms with Crippen molar-refractivity contribution in [1.29, 1.82) is 0 Å². The van der Waals surface area contributed by atoms with Gasteiger partial charge in [-0.25, -0.2) is 4.98 Å². The van der Waals surface area contributed by atoms with Gasteiger partial charge in [0.05, 0.1) is 38.6 Å². The standard InChI is InChI=1S/C72H80BN5OSi2/c1-70(2,3)50-26-29-61-59(42-50)58-28-27-56(79-57-41-52(71(4,5)6)40-55(44-57)75-46-76(63-22-16-15-21-62(63)75)69-65(80(7,8)9)23-17-24-66(69)81(10,11)12)45-64(58)78(61)68-43-51(31-33-74-68)72(53-36-47-35-48(38-53)39-54(72)37-47)67-25-18-34-77-60-20-14-13-19-49(60)30-32-73(67)77/h13-34,40-45,47-48,53-54H,35-39,46H2,1-12H3. The minimum Gasteiger partial charge on any atom is -0.457 e. The Bertz CT molecular complexity index is 3890. The van der Waals surface area contributed by atoms with Crippen LogP contribution in [0, 0.1) is 23.7 Å². The number of pyridine rings is 1. The molecule has 9 heteroatoms. The van der Waals surface area contributed by atoms with Crippen LogP contribution >= 0.6 is 0 Å². The van der Waals surface area contributed by atoms with Gasteiger partial charge in [0.15, 0.2) is 0 Å². The Morgan fingerprint density at radius 1 is 0.593 bits per heavy atom. The average molecular weight is 1100 g/mol. The fourth-order valence-electron chi connectivity index (χ4n) is 16.1. The molecule has 0 saturated heterocycles. The van der Waals surface area contributed by atoms with Gasteiger partial charge in [-0.05, 0) is 178 Å². The molecular weight excluding hydrogens is 1020 g/mol. The monoisotopic (exact) mass is 1100 g/mol. The van der Waals surface area contributed by atoms with Gasteiger partial charge >= 0.3 is 6.85 Å². The van der Waals surface area contributed by atoms with Crippen LogP contribution in [-0.4, -0.2) is 39.2 Å². The Kier molecular flexibility index (Phi) is 12.0. The molecule has 15 rings (SSSR count). The van der Waals surface area contributed by atoms with Crippen molar-refractivity contribution in [2.45, 2.75) is 129 Å². The highest BCUT2D eigenvalue weighted by atomic mass is 28.3. The lowest BCUT2D eigenvalue weighted by molar-refractivity contribution is -0.0408. The Labute approximate surface area is 484 Å². The first-order valence-corrected chi connectivity index (χ1v) is 37.2. The molecule has 0 spiro atoms. The smallest absolute Gasteiger partial charge is 0.316 e. The second-order valence-corrected chi connectivity index (χ2v) is 39.1. The topological polar surface area (TPSA) is 36.8 Å². The zero-order chi connectivity index (χ0) is 56.1. The van der Waals surface area contributed by atoms with E-state index in [0.29, 0.717) is 11.8 Å². The maximum Gasteiger partial charge on any atom is 0.316 e. The lowest BCUT2D eigenvalue weighted by atomic mass is 9.33. The molecule has 4 saturated carbocycles. The zero-order valence-corrected chi connectivity index (χ0v) is 51.9. The Balaban J connectivity index is 0.894. The van der Waals surface area contributed by atoms with Crippen molar-refractivity contribution in [2.75, 3.05) is 21.3 Å². The minimum atomic E-state index is -1.75. The lowest BCUT2D eigenvalue weighted by Crippen LogP contribution is -2.60. The third-order valence-electron chi connectivity index (χ3n) is 19.7. The molecule has 4 fully saturated rings. The van der Waals surface area contributed by atoms with Gasteiger partial charge in [-0.15, -0.1) is 0 Å². The number of aromatic nitrogens is 2. The van der Waals surface area contributed by atoms with Crippen LogP contribution in [0.1, 0.15) is 95.9 Å². The number of hydrogen-bond acceptors (Lipinski definition) is 5. The van der Waals surface area contributed by atoms with Crippen LogP contribution in [0.25, 0.3) is 33.7 Å². The molecule has 8 aromatic rings. The summed E-state index contributed by atoms with van der Waals surface area (Å²) in [4.78, 5) is 13.1. The van der Waals surface area contributed by atoms with Gasteiger partial charge in [-0.3, -0.25) is 4.57 Å². The highest BCUT2D eigenvalue weighted by Gasteiger charge is 2.61. The van der Waals surface area contributed by atoms with Crippen LogP contribution in [0.4, 0.5) is 28.4 Å². The van der Waals surface area contributed by atoms with Crippen LogP contribution in [0.5, 0.6) is 11.5 Å². The highest BCUT2D eigenvalue weighted by molar-refractivity contribution is 6.93. The molecule has 3 aliphatic heterocycles. The summed E-state index contributed by atoms with van der Waals surface area (Å²) in [5, 5.41) is 5.50. The van der Waals surface area contributed by atoms with E-state index >= 15 is 0 Å². The predicted molar refractivity (Wildman–Crippen MR) is 350 cm³/mol. The molecule has 6 nitrogen and oxygen atoms in total. The molecule has 4 bridgehead atoms. The summed E-state index contributed by atoms with van der Waals surface area (Å²) >= 11 is 0. The summed E-state index contributed by atoms with van der Waals surface area (Å²) < 4.78 is 9.73. The van der Waals surface area contributed by atoms with Crippen molar-refractivity contribution in [3.8, 4) is 17.3 Å². The molecule has 81 heavy (non-hydrogen) atoms. The maximum absolute atomic E-state index is 7.28. The number of hydrogen-bond donors (Lipinski definition) is 0. The summed E-state index contributed by atoms with van der Waals surface area (Å²) in [5.41, 5.74) is 15.2. The SMILES string of the molecule is CC(C)(C)c1cc(Oc2ccc3c4cc(C(C)(C)C)ccc4n(-c4cc(C5(C6=CC=CN7B6C=Cc6ccccc67)C6CC7CC(C6)CC5C7)ccn4)c3c2)cc(N2CN(c3c([Si](C)(C)C)cccc3[Si](C)(C)C)c3ccccc32)c1. The number of benzene rings is 6. The number of ether oxygens (including phenoxy) is 1. The molecule has 7 aliphatic rings. The third-order valence-corrected chi connectivity index (χ3v) is 23.8. The summed E-state index contributed by atoms with van der Waals surface area (Å²) in [5.74, 6) is 7.92. The van der Waals surface area contributed by atoms with Gasteiger partial charge in [-0.1, -0.05) is 159 Å². The number of para-hydroxylation sites is 4. The molecule has 2 aromatic heterocycles. The van der Waals surface area contributed by atoms with Crippen LogP contribution in [-0.2, 0) is 16.2 Å². The summed E-state index contributed by atoms with van der Waals surface area (Å²) in [7, 11) is -3.49. The van der Waals surface area contributed by atoms with Crippen molar-refractivity contribution in [3.63, 3.8) is 0 Å². The van der Waals surface area contributed by atoms with Gasteiger partial charge in [0, 0.05) is 51.6 Å². The van der Waals surface area contributed by atoms with Crippen molar-refractivity contribution >= 4 is 89.7 Å². The summed E-state index contributed by atoms with van der Waals surface area (Å²) in [6.07, 6.45) is 18.3. The molecule has 410 valence electrons. The van der Waals surface area contributed by atoms with Crippen LogP contribution < -0.4 is 29.7 Å². The molecule has 0 amide bonds. The molecule has 0 N–H and O–H groups in total. The van der Waals surface area contributed by atoms with Gasteiger partial charge in [0.25, 0.3) is 0 Å². The molecule has 0 atom stereocenters. The van der Waals surface area contributed by atoms with E-state index < -0.39 is 16.1 Å². The average Bonchev–Trinajstić information content (AvgIpc) is 4.10. The second-order valence-electron chi connectivity index (χ2n) is 29.1. The fourth-order valence-corrected chi connectivity index (χ4v) is 19.4. The van der Waals surface area contributed by atoms with Crippen LogP contribution in [0.15, 0.2) is 169 Å². The molecule has 0 unspecified atom stereocenters. The number of rotatable bonds is 9. The van der Waals surface area contributed by atoms with E-state index in [0.717, 1.165) is 47.0 Å². The molecule has 5 heterocycles. The van der Waals surface area contributed by atoms with Crippen molar-refractivity contribution in [2.24, 2.45) is 23.7 Å². The Morgan fingerprint density at radius 2 is 1.26 bits per heavy atom. The number of allylic oxidation sites excluding steroid dienone is 3. The molecular formula is C72H80BN5OSi2. The van der Waals surface area contributed by atoms with Gasteiger partial charge in [0.1, 0.15) is 24.0 Å². The zero-order valence-electron chi connectivity index (χ0n) is 49.9. The fraction of sp³-hybridized carbons (Fsp3) is 0.347.